The molecule has 92 valence electrons. The molecule has 3 rings (SSSR count). The van der Waals surface area contributed by atoms with Gasteiger partial charge in [0.25, 0.3) is 0 Å². The number of hydrogen-bond acceptors (Lipinski definition) is 5. The number of fused-ring (bicyclic) bond motifs is 1. The lowest BCUT2D eigenvalue weighted by molar-refractivity contribution is 0.948. The van der Waals surface area contributed by atoms with E-state index in [0.717, 1.165) is 16.8 Å². The molecule has 0 aromatic carbocycles. The Morgan fingerprint density at radius 1 is 1.50 bits per heavy atom. The zero-order chi connectivity index (χ0) is 12.5. The highest BCUT2D eigenvalue weighted by molar-refractivity contribution is 5.46. The average molecular weight is 243 g/mol. The van der Waals surface area contributed by atoms with Crippen molar-refractivity contribution >= 4 is 17.4 Å². The van der Waals surface area contributed by atoms with Crippen LogP contribution in [-0.4, -0.2) is 24.8 Å². The molecule has 0 atom stereocenters. The van der Waals surface area contributed by atoms with Crippen molar-refractivity contribution < 1.29 is 0 Å². The Labute approximate surface area is 103 Å². The molecule has 0 aliphatic carbocycles. The van der Waals surface area contributed by atoms with Crippen LogP contribution in [0.3, 0.4) is 0 Å². The second kappa shape index (κ2) is 4.02. The van der Waals surface area contributed by atoms with Crippen LogP contribution in [0.25, 0.3) is 5.65 Å². The van der Waals surface area contributed by atoms with E-state index >= 15 is 0 Å². The minimum atomic E-state index is 0.540. The van der Waals surface area contributed by atoms with Crippen LogP contribution < -0.4 is 11.1 Å². The average Bonchev–Trinajstić information content (AvgIpc) is 2.92. The Bertz CT molecular complexity index is 682. The molecule has 3 aromatic heterocycles. The van der Waals surface area contributed by atoms with Crippen LogP contribution in [-0.2, 0) is 6.54 Å². The van der Waals surface area contributed by atoms with Crippen LogP contribution in [0.4, 0.5) is 11.8 Å². The van der Waals surface area contributed by atoms with Gasteiger partial charge in [-0.05, 0) is 24.6 Å². The number of rotatable bonds is 3. The summed E-state index contributed by atoms with van der Waals surface area (Å²) in [5.74, 6) is 1.13. The zero-order valence-electron chi connectivity index (χ0n) is 9.88. The highest BCUT2D eigenvalue weighted by atomic mass is 15.3. The third-order valence-corrected chi connectivity index (χ3v) is 2.68. The smallest absolute Gasteiger partial charge is 0.243 e. The first-order chi connectivity index (χ1) is 8.72. The Balaban J connectivity index is 1.81. The van der Waals surface area contributed by atoms with E-state index < -0.39 is 0 Å². The van der Waals surface area contributed by atoms with Crippen molar-refractivity contribution in [3.8, 4) is 0 Å². The maximum atomic E-state index is 5.70. The first-order valence-corrected chi connectivity index (χ1v) is 5.57. The first-order valence-electron chi connectivity index (χ1n) is 5.57. The molecule has 4 N–H and O–H groups in total. The Morgan fingerprint density at radius 3 is 3.17 bits per heavy atom. The quantitative estimate of drug-likeness (QED) is 0.636. The standard InChI is InChI=1S/C11H13N7/c1-7-2-3-18-9(4-7)15-11(17-18)13-5-8-6-14-16-10(8)12/h2-4,6H,5H2,1H3,(H,13,17)(H3,12,14,16). The summed E-state index contributed by atoms with van der Waals surface area (Å²) >= 11 is 0. The molecule has 3 aromatic rings. The van der Waals surface area contributed by atoms with E-state index in [4.69, 9.17) is 5.73 Å². The number of aryl methyl sites for hydroxylation is 1. The number of H-pyrrole nitrogens is 1. The van der Waals surface area contributed by atoms with Gasteiger partial charge in [-0.3, -0.25) is 5.10 Å². The van der Waals surface area contributed by atoms with Crippen molar-refractivity contribution in [2.75, 3.05) is 11.1 Å². The third kappa shape index (κ3) is 1.86. The second-order valence-corrected chi connectivity index (χ2v) is 4.10. The fourth-order valence-electron chi connectivity index (χ4n) is 1.69. The minimum Gasteiger partial charge on any atom is -0.384 e. The molecule has 0 saturated carbocycles. The summed E-state index contributed by atoms with van der Waals surface area (Å²) in [6, 6.07) is 3.96. The van der Waals surface area contributed by atoms with Gasteiger partial charge in [0, 0.05) is 18.3 Å². The molecule has 0 amide bonds. The minimum absolute atomic E-state index is 0.540. The molecule has 0 radical (unpaired) electrons. The van der Waals surface area contributed by atoms with Crippen molar-refractivity contribution in [1.29, 1.82) is 0 Å². The first kappa shape index (κ1) is 10.6. The van der Waals surface area contributed by atoms with Crippen molar-refractivity contribution in [2.24, 2.45) is 0 Å². The zero-order valence-corrected chi connectivity index (χ0v) is 9.88. The second-order valence-electron chi connectivity index (χ2n) is 4.10. The molecular weight excluding hydrogens is 230 g/mol. The van der Waals surface area contributed by atoms with Crippen LogP contribution in [0, 0.1) is 6.92 Å². The van der Waals surface area contributed by atoms with Crippen LogP contribution in [0.5, 0.6) is 0 Å². The van der Waals surface area contributed by atoms with E-state index in [2.05, 4.69) is 25.6 Å². The van der Waals surface area contributed by atoms with E-state index in [1.165, 1.54) is 0 Å². The van der Waals surface area contributed by atoms with Crippen molar-refractivity contribution in [3.63, 3.8) is 0 Å². The topological polar surface area (TPSA) is 96.9 Å². The van der Waals surface area contributed by atoms with Gasteiger partial charge < -0.3 is 11.1 Å². The lowest BCUT2D eigenvalue weighted by atomic mass is 10.3. The van der Waals surface area contributed by atoms with Gasteiger partial charge in [-0.2, -0.15) is 10.1 Å². The summed E-state index contributed by atoms with van der Waals surface area (Å²) in [6.45, 7) is 2.56. The van der Waals surface area contributed by atoms with Gasteiger partial charge in [-0.15, -0.1) is 5.10 Å². The van der Waals surface area contributed by atoms with E-state index in [0.29, 0.717) is 18.3 Å². The molecule has 0 spiro atoms. The van der Waals surface area contributed by atoms with Gasteiger partial charge >= 0.3 is 0 Å². The summed E-state index contributed by atoms with van der Waals surface area (Å²) in [7, 11) is 0. The number of nitrogen functional groups attached to an aromatic ring is 1. The van der Waals surface area contributed by atoms with Gasteiger partial charge in [0.05, 0.1) is 6.20 Å². The lowest BCUT2D eigenvalue weighted by Crippen LogP contribution is -2.02. The van der Waals surface area contributed by atoms with Gasteiger partial charge in [-0.1, -0.05) is 0 Å². The van der Waals surface area contributed by atoms with Gasteiger partial charge in [0.2, 0.25) is 5.95 Å². The molecule has 18 heavy (non-hydrogen) atoms. The molecule has 0 bridgehead atoms. The Morgan fingerprint density at radius 2 is 2.39 bits per heavy atom. The normalized spacial score (nSPS) is 10.9. The molecule has 0 aliphatic rings. The van der Waals surface area contributed by atoms with Crippen molar-refractivity contribution in [3.05, 3.63) is 35.7 Å². The fraction of sp³-hybridized carbons (Fsp3) is 0.182. The maximum Gasteiger partial charge on any atom is 0.243 e. The molecular formula is C11H13N7. The SMILES string of the molecule is Cc1ccn2nc(NCc3cn[nH]c3N)nc2c1. The number of nitrogens with zero attached hydrogens (tertiary/aromatic N) is 4. The molecule has 7 nitrogen and oxygen atoms in total. The van der Waals surface area contributed by atoms with Gasteiger partial charge in [-0.25, -0.2) is 4.52 Å². The number of nitrogens with one attached hydrogen (secondary N) is 2. The maximum absolute atomic E-state index is 5.70. The summed E-state index contributed by atoms with van der Waals surface area (Å²) < 4.78 is 1.73. The van der Waals surface area contributed by atoms with E-state index in [9.17, 15) is 0 Å². The van der Waals surface area contributed by atoms with Crippen molar-refractivity contribution in [1.82, 2.24) is 24.8 Å². The number of nitrogens with two attached hydrogens (primary N) is 1. The summed E-state index contributed by atoms with van der Waals surface area (Å²) in [5.41, 5.74) is 8.56. The van der Waals surface area contributed by atoms with Gasteiger partial charge in [0.15, 0.2) is 5.65 Å². The highest BCUT2D eigenvalue weighted by Crippen LogP contribution is 2.11. The molecule has 0 aliphatic heterocycles. The van der Waals surface area contributed by atoms with E-state index in [1.807, 2.05) is 25.3 Å². The van der Waals surface area contributed by atoms with Crippen molar-refractivity contribution in [2.45, 2.75) is 13.5 Å². The Kier molecular flexibility index (Phi) is 2.36. The largest absolute Gasteiger partial charge is 0.384 e. The molecule has 0 fully saturated rings. The fourth-order valence-corrected chi connectivity index (χ4v) is 1.69. The monoisotopic (exact) mass is 243 g/mol. The summed E-state index contributed by atoms with van der Waals surface area (Å²) in [4.78, 5) is 4.37. The summed E-state index contributed by atoms with van der Waals surface area (Å²) in [5, 5.41) is 14.0. The Hall–Kier alpha value is -2.57. The number of aromatic amines is 1. The van der Waals surface area contributed by atoms with E-state index in [-0.39, 0.29) is 0 Å². The number of aromatic nitrogens is 5. The number of pyridine rings is 1. The van der Waals surface area contributed by atoms with Crippen LogP contribution in [0.2, 0.25) is 0 Å². The van der Waals surface area contributed by atoms with E-state index in [1.54, 1.807) is 10.7 Å². The molecule has 3 heterocycles. The predicted molar refractivity (Wildman–Crippen MR) is 68.1 cm³/mol. The van der Waals surface area contributed by atoms with Crippen LogP contribution >= 0.6 is 0 Å². The van der Waals surface area contributed by atoms with Gasteiger partial charge in [0.1, 0.15) is 5.82 Å². The van der Waals surface area contributed by atoms with Crippen LogP contribution in [0.15, 0.2) is 24.5 Å². The molecule has 7 heteroatoms. The summed E-state index contributed by atoms with van der Waals surface area (Å²) in [6.07, 6.45) is 3.57. The predicted octanol–water partition coefficient (Wildman–Crippen LogP) is 0.955. The highest BCUT2D eigenvalue weighted by Gasteiger charge is 2.05. The number of anilines is 2. The lowest BCUT2D eigenvalue weighted by Gasteiger charge is -1.98. The van der Waals surface area contributed by atoms with Crippen LogP contribution in [0.1, 0.15) is 11.1 Å². The molecule has 0 saturated heterocycles. The third-order valence-electron chi connectivity index (χ3n) is 2.68. The molecule has 0 unspecified atom stereocenters. The number of hydrogen-bond donors (Lipinski definition) is 3.